The van der Waals surface area contributed by atoms with Crippen molar-refractivity contribution < 1.29 is 4.74 Å². The molecule has 1 aromatic rings. The first-order valence-electron chi connectivity index (χ1n) is 6.95. The molecule has 1 fully saturated rings. The molecule has 0 amide bonds. The van der Waals surface area contributed by atoms with E-state index < -0.39 is 0 Å². The topological polar surface area (TPSA) is 34.1 Å². The molecule has 1 saturated heterocycles. The molecule has 3 nitrogen and oxygen atoms in total. The minimum Gasteiger partial charge on any atom is -0.496 e. The summed E-state index contributed by atoms with van der Waals surface area (Å²) in [5, 5.41) is 3.63. The van der Waals surface area contributed by atoms with Gasteiger partial charge in [0.25, 0.3) is 0 Å². The van der Waals surface area contributed by atoms with Gasteiger partial charge in [0.1, 0.15) is 5.75 Å². The summed E-state index contributed by atoms with van der Waals surface area (Å²) in [6, 6.07) is 0.575. The van der Waals surface area contributed by atoms with Gasteiger partial charge in [-0.1, -0.05) is 12.8 Å². The van der Waals surface area contributed by atoms with Crippen LogP contribution in [0.25, 0.3) is 0 Å². The van der Waals surface area contributed by atoms with Crippen molar-refractivity contribution in [2.75, 3.05) is 13.7 Å². The lowest BCUT2D eigenvalue weighted by Crippen LogP contribution is -2.30. The fourth-order valence-electron chi connectivity index (χ4n) is 2.79. The molecule has 100 valence electrons. The summed E-state index contributed by atoms with van der Waals surface area (Å²) in [6.07, 6.45) is 8.20. The van der Waals surface area contributed by atoms with Crippen molar-refractivity contribution in [1.29, 1.82) is 0 Å². The Morgan fingerprint density at radius 2 is 2.17 bits per heavy atom. The molecule has 1 unspecified atom stereocenters. The molecule has 1 aromatic heterocycles. The van der Waals surface area contributed by atoms with Gasteiger partial charge in [-0.25, -0.2) is 0 Å². The highest BCUT2D eigenvalue weighted by atomic mass is 16.5. The van der Waals surface area contributed by atoms with Crippen LogP contribution >= 0.6 is 0 Å². The van der Waals surface area contributed by atoms with E-state index in [0.717, 1.165) is 24.3 Å². The number of nitrogens with one attached hydrogen (secondary N) is 1. The minimum atomic E-state index is 0.575. The summed E-state index contributed by atoms with van der Waals surface area (Å²) in [7, 11) is 1.74. The lowest BCUT2D eigenvalue weighted by atomic mass is 10.0. The molecule has 0 spiro atoms. The van der Waals surface area contributed by atoms with Gasteiger partial charge in [-0.3, -0.25) is 4.98 Å². The number of hydrogen-bond acceptors (Lipinski definition) is 3. The number of nitrogens with zero attached hydrogens (tertiary/aromatic N) is 1. The molecule has 1 N–H and O–H groups in total. The summed E-state index contributed by atoms with van der Waals surface area (Å²) < 4.78 is 5.47. The van der Waals surface area contributed by atoms with Gasteiger partial charge in [-0.2, -0.15) is 0 Å². The second-order valence-electron chi connectivity index (χ2n) is 5.25. The number of pyridine rings is 1. The van der Waals surface area contributed by atoms with Crippen molar-refractivity contribution in [1.82, 2.24) is 10.3 Å². The van der Waals surface area contributed by atoms with Crippen molar-refractivity contribution in [2.24, 2.45) is 0 Å². The summed E-state index contributed by atoms with van der Waals surface area (Å²) in [5.74, 6) is 0.994. The van der Waals surface area contributed by atoms with Crippen LogP contribution in [0.5, 0.6) is 5.75 Å². The predicted molar refractivity (Wildman–Crippen MR) is 74.2 cm³/mol. The predicted octanol–water partition coefficient (Wildman–Crippen LogP) is 2.78. The van der Waals surface area contributed by atoms with Crippen molar-refractivity contribution >= 4 is 0 Å². The normalized spacial score (nSPS) is 20.5. The Hall–Kier alpha value is -1.09. The van der Waals surface area contributed by atoms with Gasteiger partial charge in [-0.05, 0) is 33.2 Å². The number of aryl methyl sites for hydroxylation is 1. The number of aromatic nitrogens is 1. The molecular weight excluding hydrogens is 224 g/mol. The molecule has 3 heteroatoms. The zero-order valence-corrected chi connectivity index (χ0v) is 11.8. The van der Waals surface area contributed by atoms with Crippen LogP contribution in [-0.2, 0) is 6.42 Å². The lowest BCUT2D eigenvalue weighted by molar-refractivity contribution is 0.405. The molecule has 1 atom stereocenters. The van der Waals surface area contributed by atoms with Crippen LogP contribution in [0.4, 0.5) is 0 Å². The van der Waals surface area contributed by atoms with E-state index in [1.165, 1.54) is 36.9 Å². The Morgan fingerprint density at radius 3 is 2.94 bits per heavy atom. The van der Waals surface area contributed by atoms with Gasteiger partial charge in [0, 0.05) is 35.5 Å². The Morgan fingerprint density at radius 1 is 1.33 bits per heavy atom. The van der Waals surface area contributed by atoms with E-state index >= 15 is 0 Å². The van der Waals surface area contributed by atoms with Gasteiger partial charge < -0.3 is 10.1 Å². The first-order valence-corrected chi connectivity index (χ1v) is 6.95. The standard InChI is InChI=1S/C15H24N2O/c1-11-10-17-14(12(2)15(11)18-3)9-13-7-5-4-6-8-16-13/h10,13,16H,4-9H2,1-3H3. The number of ether oxygens (including phenoxy) is 1. The fraction of sp³-hybridized carbons (Fsp3) is 0.667. The Bertz CT molecular complexity index is 396. The molecule has 1 aliphatic rings. The number of hydrogen-bond donors (Lipinski definition) is 1. The summed E-state index contributed by atoms with van der Waals surface area (Å²) >= 11 is 0. The maximum absolute atomic E-state index is 5.47. The maximum atomic E-state index is 5.47. The monoisotopic (exact) mass is 248 g/mol. The van der Waals surface area contributed by atoms with E-state index in [0.29, 0.717) is 6.04 Å². The average Bonchev–Trinajstić information content (AvgIpc) is 2.62. The molecule has 0 radical (unpaired) electrons. The lowest BCUT2D eigenvalue weighted by Gasteiger charge is -2.18. The van der Waals surface area contributed by atoms with Crippen molar-refractivity contribution in [3.05, 3.63) is 23.0 Å². The van der Waals surface area contributed by atoms with Crippen LogP contribution in [-0.4, -0.2) is 24.7 Å². The third-order valence-corrected chi connectivity index (χ3v) is 3.85. The molecule has 2 heterocycles. The summed E-state index contributed by atoms with van der Waals surface area (Å²) in [4.78, 5) is 4.59. The highest BCUT2D eigenvalue weighted by molar-refractivity contribution is 5.41. The van der Waals surface area contributed by atoms with Crippen LogP contribution in [0.2, 0.25) is 0 Å². The zero-order chi connectivity index (χ0) is 13.0. The molecule has 0 aliphatic carbocycles. The average molecular weight is 248 g/mol. The zero-order valence-electron chi connectivity index (χ0n) is 11.8. The van der Waals surface area contributed by atoms with E-state index in [1.54, 1.807) is 7.11 Å². The van der Waals surface area contributed by atoms with Crippen molar-refractivity contribution in [2.45, 2.75) is 52.0 Å². The summed E-state index contributed by atoms with van der Waals surface area (Å²) in [6.45, 7) is 5.31. The van der Waals surface area contributed by atoms with E-state index in [1.807, 2.05) is 13.1 Å². The van der Waals surface area contributed by atoms with Gasteiger partial charge in [0.05, 0.1) is 7.11 Å². The van der Waals surface area contributed by atoms with Gasteiger partial charge in [0.15, 0.2) is 0 Å². The van der Waals surface area contributed by atoms with Crippen LogP contribution in [0.3, 0.4) is 0 Å². The van der Waals surface area contributed by atoms with Gasteiger partial charge >= 0.3 is 0 Å². The first kappa shape index (κ1) is 13.3. The van der Waals surface area contributed by atoms with Crippen LogP contribution in [0, 0.1) is 13.8 Å². The van der Waals surface area contributed by atoms with Gasteiger partial charge in [0.2, 0.25) is 0 Å². The fourth-order valence-corrected chi connectivity index (χ4v) is 2.79. The second kappa shape index (κ2) is 6.19. The van der Waals surface area contributed by atoms with Crippen LogP contribution < -0.4 is 10.1 Å². The van der Waals surface area contributed by atoms with Gasteiger partial charge in [-0.15, -0.1) is 0 Å². The highest BCUT2D eigenvalue weighted by Gasteiger charge is 2.16. The minimum absolute atomic E-state index is 0.575. The van der Waals surface area contributed by atoms with Crippen molar-refractivity contribution in [3.8, 4) is 5.75 Å². The molecule has 0 bridgehead atoms. The SMILES string of the molecule is COc1c(C)cnc(CC2CCCCCN2)c1C. The Labute approximate surface area is 110 Å². The molecule has 18 heavy (non-hydrogen) atoms. The molecule has 0 saturated carbocycles. The van der Waals surface area contributed by atoms with E-state index in [2.05, 4.69) is 17.2 Å². The number of rotatable bonds is 3. The summed E-state index contributed by atoms with van der Waals surface area (Å²) in [5.41, 5.74) is 3.49. The van der Waals surface area contributed by atoms with E-state index in [4.69, 9.17) is 4.74 Å². The Kier molecular flexibility index (Phi) is 4.59. The third-order valence-electron chi connectivity index (χ3n) is 3.85. The Balaban J connectivity index is 2.13. The molecule has 1 aliphatic heterocycles. The first-order chi connectivity index (χ1) is 8.72. The largest absolute Gasteiger partial charge is 0.496 e. The van der Waals surface area contributed by atoms with Crippen LogP contribution in [0.15, 0.2) is 6.20 Å². The molecule has 0 aromatic carbocycles. The second-order valence-corrected chi connectivity index (χ2v) is 5.25. The van der Waals surface area contributed by atoms with Crippen LogP contribution in [0.1, 0.15) is 42.5 Å². The number of methoxy groups -OCH3 is 1. The third kappa shape index (κ3) is 3.02. The van der Waals surface area contributed by atoms with Crippen molar-refractivity contribution in [3.63, 3.8) is 0 Å². The molecule has 2 rings (SSSR count). The maximum Gasteiger partial charge on any atom is 0.128 e. The van der Waals surface area contributed by atoms with E-state index in [9.17, 15) is 0 Å². The quantitative estimate of drug-likeness (QED) is 0.893. The van der Waals surface area contributed by atoms with E-state index in [-0.39, 0.29) is 0 Å². The molecular formula is C15H24N2O. The highest BCUT2D eigenvalue weighted by Crippen LogP contribution is 2.25. The smallest absolute Gasteiger partial charge is 0.128 e.